The van der Waals surface area contributed by atoms with Crippen LogP contribution in [0.2, 0.25) is 0 Å². The Kier molecular flexibility index (Phi) is 8.15. The standard InChI is InChI=1S/C31H44N6O5/c1-35-14-16-36(17-15-35)23-6-2-20(3-7-23)30(42)37-13-11-31(9-10-31)19-25(37)28(40)34-24(18-21-8-12-32-27(21)39)26(38)29(41)33-22-4-5-22/h2-3,6-7,21-22,24-26,38H,4-5,8-19H2,1H3,(H,32,39)(H,33,41)(H,34,40)/t21-,24-,25-,26?/m0/s1. The largest absolute Gasteiger partial charge is 0.381 e. The highest BCUT2D eigenvalue weighted by atomic mass is 16.3. The molecule has 1 aromatic rings. The van der Waals surface area contributed by atoms with Crippen molar-refractivity contribution in [1.82, 2.24) is 25.8 Å². The van der Waals surface area contributed by atoms with Gasteiger partial charge in [0.15, 0.2) is 6.10 Å². The number of rotatable bonds is 9. The van der Waals surface area contributed by atoms with Crippen LogP contribution in [0.5, 0.6) is 0 Å². The third-order valence-corrected chi connectivity index (χ3v) is 9.99. The van der Waals surface area contributed by atoms with Crippen molar-refractivity contribution in [3.63, 3.8) is 0 Å². The molecule has 3 heterocycles. The molecule has 228 valence electrons. The van der Waals surface area contributed by atoms with Crippen molar-refractivity contribution < 1.29 is 24.3 Å². The van der Waals surface area contributed by atoms with E-state index in [4.69, 9.17) is 0 Å². The van der Waals surface area contributed by atoms with Crippen LogP contribution in [0.1, 0.15) is 61.7 Å². The average molecular weight is 581 g/mol. The van der Waals surface area contributed by atoms with E-state index in [2.05, 4.69) is 32.8 Å². The molecular weight excluding hydrogens is 536 g/mol. The predicted molar refractivity (Wildman–Crippen MR) is 157 cm³/mol. The van der Waals surface area contributed by atoms with Gasteiger partial charge >= 0.3 is 0 Å². The summed E-state index contributed by atoms with van der Waals surface area (Å²) in [4.78, 5) is 59.1. The molecule has 2 saturated carbocycles. The Morgan fingerprint density at radius 3 is 2.36 bits per heavy atom. The summed E-state index contributed by atoms with van der Waals surface area (Å²) < 4.78 is 0. The zero-order valence-corrected chi connectivity index (χ0v) is 24.5. The summed E-state index contributed by atoms with van der Waals surface area (Å²) in [5.74, 6) is -1.61. The summed E-state index contributed by atoms with van der Waals surface area (Å²) in [5, 5.41) is 19.6. The zero-order valence-electron chi connectivity index (χ0n) is 24.5. The third-order valence-electron chi connectivity index (χ3n) is 9.99. The highest BCUT2D eigenvalue weighted by Crippen LogP contribution is 2.55. The molecule has 5 fully saturated rings. The second-order valence-corrected chi connectivity index (χ2v) is 13.2. The van der Waals surface area contributed by atoms with Crippen LogP contribution in [0.4, 0.5) is 5.69 Å². The number of nitrogens with zero attached hydrogens (tertiary/aromatic N) is 3. The maximum atomic E-state index is 13.9. The van der Waals surface area contributed by atoms with E-state index in [9.17, 15) is 24.3 Å². The molecule has 6 rings (SSSR count). The molecular formula is C31H44N6O5. The minimum Gasteiger partial charge on any atom is -0.381 e. The number of hydrogen-bond acceptors (Lipinski definition) is 7. The first-order valence-corrected chi connectivity index (χ1v) is 15.6. The van der Waals surface area contributed by atoms with E-state index in [0.717, 1.165) is 64.0 Å². The van der Waals surface area contributed by atoms with Crippen LogP contribution in [0.15, 0.2) is 24.3 Å². The highest BCUT2D eigenvalue weighted by Gasteiger charge is 2.51. The molecule has 42 heavy (non-hydrogen) atoms. The lowest BCUT2D eigenvalue weighted by Crippen LogP contribution is -2.59. The van der Waals surface area contributed by atoms with Gasteiger partial charge in [0.1, 0.15) is 6.04 Å². The maximum absolute atomic E-state index is 13.9. The molecule has 4 amide bonds. The van der Waals surface area contributed by atoms with Gasteiger partial charge in [-0.1, -0.05) is 0 Å². The number of piperidine rings is 1. The molecule has 4 N–H and O–H groups in total. The second-order valence-electron chi connectivity index (χ2n) is 13.2. The second kappa shape index (κ2) is 11.8. The summed E-state index contributed by atoms with van der Waals surface area (Å²) in [5.41, 5.74) is 1.70. The van der Waals surface area contributed by atoms with E-state index in [1.165, 1.54) is 0 Å². The Morgan fingerprint density at radius 2 is 1.74 bits per heavy atom. The van der Waals surface area contributed by atoms with Gasteiger partial charge in [0.25, 0.3) is 11.8 Å². The van der Waals surface area contributed by atoms with Gasteiger partial charge in [0.05, 0.1) is 6.04 Å². The number of carbonyl (C=O) groups is 4. The number of likely N-dealkylation sites (tertiary alicyclic amines) is 1. The Balaban J connectivity index is 1.17. The molecule has 11 heteroatoms. The van der Waals surface area contributed by atoms with Crippen molar-refractivity contribution in [2.24, 2.45) is 11.3 Å². The highest BCUT2D eigenvalue weighted by molar-refractivity contribution is 5.98. The van der Waals surface area contributed by atoms with Gasteiger partial charge in [0, 0.05) is 62.5 Å². The molecule has 0 aromatic heterocycles. The van der Waals surface area contributed by atoms with Crippen molar-refractivity contribution in [2.75, 3.05) is 51.2 Å². The average Bonchev–Trinajstić information content (AvgIpc) is 3.93. The van der Waals surface area contributed by atoms with Crippen LogP contribution in [0.25, 0.3) is 0 Å². The summed E-state index contributed by atoms with van der Waals surface area (Å²) in [7, 11) is 2.12. The molecule has 0 radical (unpaired) electrons. The number of amides is 4. The van der Waals surface area contributed by atoms with Crippen molar-refractivity contribution in [2.45, 2.75) is 75.6 Å². The van der Waals surface area contributed by atoms with Crippen LogP contribution in [0.3, 0.4) is 0 Å². The normalized spacial score (nSPS) is 26.9. The van der Waals surface area contributed by atoms with Crippen molar-refractivity contribution in [3.8, 4) is 0 Å². The van der Waals surface area contributed by atoms with E-state index < -0.39 is 30.0 Å². The summed E-state index contributed by atoms with van der Waals surface area (Å²) in [6.45, 7) is 4.89. The molecule has 1 spiro atoms. The molecule has 1 aromatic carbocycles. The van der Waals surface area contributed by atoms with E-state index >= 15 is 0 Å². The van der Waals surface area contributed by atoms with E-state index in [-0.39, 0.29) is 35.6 Å². The van der Waals surface area contributed by atoms with Crippen LogP contribution in [-0.4, -0.2) is 109 Å². The molecule has 1 unspecified atom stereocenters. The fourth-order valence-electron chi connectivity index (χ4n) is 6.71. The van der Waals surface area contributed by atoms with Crippen molar-refractivity contribution in [1.29, 1.82) is 0 Å². The van der Waals surface area contributed by atoms with Gasteiger partial charge < -0.3 is 35.8 Å². The number of hydrogen-bond donors (Lipinski definition) is 4. The number of aliphatic hydroxyl groups is 1. The van der Waals surface area contributed by atoms with Gasteiger partial charge in [-0.2, -0.15) is 0 Å². The van der Waals surface area contributed by atoms with E-state index in [1.54, 1.807) is 4.90 Å². The summed E-state index contributed by atoms with van der Waals surface area (Å²) >= 11 is 0. The molecule has 11 nitrogen and oxygen atoms in total. The monoisotopic (exact) mass is 580 g/mol. The fourth-order valence-corrected chi connectivity index (χ4v) is 6.71. The number of benzene rings is 1. The quantitative estimate of drug-likeness (QED) is 0.334. The molecule has 3 saturated heterocycles. The molecule has 3 aliphatic heterocycles. The Bertz CT molecular complexity index is 1190. The molecule has 0 bridgehead atoms. The number of likely N-dealkylation sites (N-methyl/N-ethyl adjacent to an activating group) is 1. The first kappa shape index (κ1) is 28.9. The number of carbonyl (C=O) groups excluding carboxylic acids is 4. The van der Waals surface area contributed by atoms with Crippen LogP contribution in [0, 0.1) is 11.3 Å². The molecule has 4 atom stereocenters. The Hall–Kier alpha value is -3.18. The van der Waals surface area contributed by atoms with Crippen LogP contribution >= 0.6 is 0 Å². The Labute approximate surface area is 247 Å². The van der Waals surface area contributed by atoms with Gasteiger partial charge in [0.2, 0.25) is 11.8 Å². The fraction of sp³-hybridized carbons (Fsp3) is 0.677. The zero-order chi connectivity index (χ0) is 29.4. The van der Waals surface area contributed by atoms with Crippen LogP contribution < -0.4 is 20.9 Å². The minimum absolute atomic E-state index is 0.0575. The van der Waals surface area contributed by atoms with Crippen LogP contribution in [-0.2, 0) is 14.4 Å². The van der Waals surface area contributed by atoms with E-state index in [0.29, 0.717) is 31.5 Å². The van der Waals surface area contributed by atoms with Gasteiger partial charge in [-0.3, -0.25) is 19.2 Å². The third kappa shape index (κ3) is 6.41. The smallest absolute Gasteiger partial charge is 0.254 e. The lowest BCUT2D eigenvalue weighted by atomic mass is 9.86. The molecule has 5 aliphatic rings. The summed E-state index contributed by atoms with van der Waals surface area (Å²) in [6.07, 6.45) is 4.52. The maximum Gasteiger partial charge on any atom is 0.254 e. The number of anilines is 1. The van der Waals surface area contributed by atoms with Gasteiger partial charge in [-0.25, -0.2) is 0 Å². The minimum atomic E-state index is -1.48. The van der Waals surface area contributed by atoms with Gasteiger partial charge in [-0.15, -0.1) is 0 Å². The van der Waals surface area contributed by atoms with Crippen molar-refractivity contribution >= 4 is 29.3 Å². The van der Waals surface area contributed by atoms with Gasteiger partial charge in [-0.05, 0) is 88.1 Å². The summed E-state index contributed by atoms with van der Waals surface area (Å²) in [6, 6.07) is 6.09. The van der Waals surface area contributed by atoms with E-state index in [1.807, 2.05) is 24.3 Å². The SMILES string of the molecule is CN1CCN(c2ccc(C(=O)N3CCC4(CC4)C[C@H]3C(=O)N[C@@H](C[C@@H]3CCNC3=O)C(O)C(=O)NC3CC3)cc2)CC1. The first-order chi connectivity index (χ1) is 20.2. The van der Waals surface area contributed by atoms with Crippen molar-refractivity contribution in [3.05, 3.63) is 29.8 Å². The Morgan fingerprint density at radius 1 is 1.02 bits per heavy atom. The number of nitrogens with one attached hydrogen (secondary N) is 3. The predicted octanol–water partition coefficient (Wildman–Crippen LogP) is 0.474. The lowest BCUT2D eigenvalue weighted by Gasteiger charge is -2.40. The molecule has 2 aliphatic carbocycles. The number of piperazine rings is 1. The number of aliphatic hydroxyl groups excluding tert-OH is 1. The lowest BCUT2D eigenvalue weighted by molar-refractivity contribution is -0.135. The topological polar surface area (TPSA) is 134 Å². The first-order valence-electron chi connectivity index (χ1n) is 15.6.